The highest BCUT2D eigenvalue weighted by Crippen LogP contribution is 2.31. The van der Waals surface area contributed by atoms with E-state index in [0.717, 1.165) is 0 Å². The fourth-order valence-corrected chi connectivity index (χ4v) is 3.14. The van der Waals surface area contributed by atoms with E-state index in [9.17, 15) is 18.4 Å². The number of carbonyl (C=O) groups excluding carboxylic acids is 2. The van der Waals surface area contributed by atoms with Gasteiger partial charge in [0, 0.05) is 17.7 Å². The molecule has 4 nitrogen and oxygen atoms in total. The summed E-state index contributed by atoms with van der Waals surface area (Å²) in [4.78, 5) is 24.8. The Hall–Kier alpha value is -3.54. The van der Waals surface area contributed by atoms with Crippen molar-refractivity contribution in [2.75, 3.05) is 5.32 Å². The van der Waals surface area contributed by atoms with E-state index in [4.69, 9.17) is 4.74 Å². The lowest BCUT2D eigenvalue weighted by Gasteiger charge is -2.25. The van der Waals surface area contributed by atoms with E-state index in [0.29, 0.717) is 34.4 Å². The first-order valence-corrected chi connectivity index (χ1v) is 8.66. The van der Waals surface area contributed by atoms with Crippen LogP contribution in [-0.2, 0) is 11.2 Å². The Morgan fingerprint density at radius 2 is 1.57 bits per heavy atom. The van der Waals surface area contributed by atoms with Crippen LogP contribution in [0.1, 0.15) is 37.9 Å². The third-order valence-electron chi connectivity index (χ3n) is 4.59. The van der Waals surface area contributed by atoms with Gasteiger partial charge in [0.1, 0.15) is 17.7 Å². The molecular weight excluding hydrogens is 364 g/mol. The van der Waals surface area contributed by atoms with E-state index in [1.807, 2.05) is 0 Å². The van der Waals surface area contributed by atoms with Crippen molar-refractivity contribution in [2.45, 2.75) is 12.5 Å². The first-order valence-electron chi connectivity index (χ1n) is 8.66. The molecule has 0 spiro atoms. The van der Waals surface area contributed by atoms with Crippen LogP contribution in [0.15, 0.2) is 66.7 Å². The summed E-state index contributed by atoms with van der Waals surface area (Å²) in [7, 11) is 0. The van der Waals surface area contributed by atoms with Crippen LogP contribution in [-0.4, -0.2) is 11.9 Å². The molecular formula is C22H15F2NO3. The first-order chi connectivity index (χ1) is 13.5. The topological polar surface area (TPSA) is 55.4 Å². The van der Waals surface area contributed by atoms with Crippen LogP contribution in [0.25, 0.3) is 0 Å². The first kappa shape index (κ1) is 17.9. The second-order valence-corrected chi connectivity index (χ2v) is 6.48. The molecule has 1 heterocycles. The molecule has 0 radical (unpaired) electrons. The lowest BCUT2D eigenvalue weighted by molar-refractivity contribution is 0.0252. The van der Waals surface area contributed by atoms with Crippen molar-refractivity contribution in [2.24, 2.45) is 0 Å². The number of anilines is 1. The molecule has 3 aromatic rings. The molecule has 0 fully saturated rings. The third-order valence-corrected chi connectivity index (χ3v) is 4.59. The molecule has 4 rings (SSSR count). The molecule has 0 unspecified atom stereocenters. The Balaban J connectivity index is 1.57. The second-order valence-electron chi connectivity index (χ2n) is 6.48. The molecule has 1 N–H and O–H groups in total. The molecule has 0 bridgehead atoms. The van der Waals surface area contributed by atoms with E-state index >= 15 is 0 Å². The minimum atomic E-state index is -0.545. The average molecular weight is 379 g/mol. The fourth-order valence-electron chi connectivity index (χ4n) is 3.14. The molecule has 0 aliphatic carbocycles. The molecule has 1 aliphatic heterocycles. The van der Waals surface area contributed by atoms with Gasteiger partial charge in [0.25, 0.3) is 5.91 Å². The van der Waals surface area contributed by atoms with Crippen LogP contribution in [0.5, 0.6) is 0 Å². The average Bonchev–Trinajstić information content (AvgIpc) is 2.69. The molecule has 1 amide bonds. The molecule has 1 aliphatic rings. The summed E-state index contributed by atoms with van der Waals surface area (Å²) in [6, 6.07) is 15.9. The van der Waals surface area contributed by atoms with Crippen molar-refractivity contribution in [3.05, 3.63) is 101 Å². The van der Waals surface area contributed by atoms with Crippen molar-refractivity contribution >= 4 is 17.6 Å². The number of nitrogens with one attached hydrogen (secondary N) is 1. The summed E-state index contributed by atoms with van der Waals surface area (Å²) >= 11 is 0. The van der Waals surface area contributed by atoms with Gasteiger partial charge in [0.15, 0.2) is 0 Å². The Morgan fingerprint density at radius 3 is 2.25 bits per heavy atom. The maximum Gasteiger partial charge on any atom is 0.339 e. The van der Waals surface area contributed by atoms with Crippen LogP contribution in [0.3, 0.4) is 0 Å². The number of ether oxygens (including phenoxy) is 1. The van der Waals surface area contributed by atoms with E-state index in [1.54, 1.807) is 24.3 Å². The van der Waals surface area contributed by atoms with Crippen LogP contribution in [0, 0.1) is 11.6 Å². The highest BCUT2D eigenvalue weighted by atomic mass is 19.1. The van der Waals surface area contributed by atoms with Gasteiger partial charge in [-0.05, 0) is 65.7 Å². The molecule has 28 heavy (non-hydrogen) atoms. The predicted octanol–water partition coefficient (Wildman–Crippen LogP) is 4.67. The summed E-state index contributed by atoms with van der Waals surface area (Å²) in [6.45, 7) is 0. The number of hydrogen-bond donors (Lipinski definition) is 1. The van der Waals surface area contributed by atoms with E-state index in [1.165, 1.54) is 42.5 Å². The number of esters is 1. The molecule has 6 heteroatoms. The number of fused-ring (bicyclic) bond motifs is 1. The number of benzene rings is 3. The molecule has 0 aromatic heterocycles. The number of hydrogen-bond acceptors (Lipinski definition) is 3. The predicted molar refractivity (Wildman–Crippen MR) is 99.1 cm³/mol. The van der Waals surface area contributed by atoms with Crippen molar-refractivity contribution in [1.82, 2.24) is 0 Å². The van der Waals surface area contributed by atoms with Gasteiger partial charge >= 0.3 is 5.97 Å². The number of cyclic esters (lactones) is 1. The summed E-state index contributed by atoms with van der Waals surface area (Å²) in [5.74, 6) is -1.61. The molecule has 140 valence electrons. The Bertz CT molecular complexity index is 1050. The van der Waals surface area contributed by atoms with Gasteiger partial charge < -0.3 is 10.1 Å². The standard InChI is InChI=1S/C22H15F2NO3/c23-16-4-1-13(2-5-16)20-12-15-11-14(3-10-19(15)22(27)28-20)21(26)25-18-8-6-17(24)7-9-18/h1-11,20H,12H2,(H,25,26)/t20-/m0/s1. The molecule has 3 aromatic carbocycles. The SMILES string of the molecule is O=C(Nc1ccc(F)cc1)c1ccc2c(c1)C[C@@H](c1ccc(F)cc1)OC2=O. The minimum absolute atomic E-state index is 0.369. The minimum Gasteiger partial charge on any atom is -0.454 e. The highest BCUT2D eigenvalue weighted by Gasteiger charge is 2.28. The van der Waals surface area contributed by atoms with Gasteiger partial charge in [-0.1, -0.05) is 12.1 Å². The Kier molecular flexibility index (Phi) is 4.61. The van der Waals surface area contributed by atoms with Crippen molar-refractivity contribution in [1.29, 1.82) is 0 Å². The van der Waals surface area contributed by atoms with Gasteiger partial charge in [-0.3, -0.25) is 4.79 Å². The van der Waals surface area contributed by atoms with E-state index in [2.05, 4.69) is 5.32 Å². The fraction of sp³-hybridized carbons (Fsp3) is 0.0909. The van der Waals surface area contributed by atoms with Crippen molar-refractivity contribution in [3.8, 4) is 0 Å². The normalized spacial score (nSPS) is 15.5. The third kappa shape index (κ3) is 3.62. The van der Waals surface area contributed by atoms with Crippen molar-refractivity contribution in [3.63, 3.8) is 0 Å². The zero-order valence-corrected chi connectivity index (χ0v) is 14.6. The van der Waals surface area contributed by atoms with Gasteiger partial charge in [0.2, 0.25) is 0 Å². The zero-order chi connectivity index (χ0) is 19.7. The summed E-state index contributed by atoms with van der Waals surface area (Å²) in [6.07, 6.45) is -0.166. The summed E-state index contributed by atoms with van der Waals surface area (Å²) in [5.41, 5.74) is 2.60. The Labute approximate surface area is 159 Å². The van der Waals surface area contributed by atoms with Crippen LogP contribution in [0.4, 0.5) is 14.5 Å². The largest absolute Gasteiger partial charge is 0.454 e. The monoisotopic (exact) mass is 379 g/mol. The smallest absolute Gasteiger partial charge is 0.339 e. The van der Waals surface area contributed by atoms with Crippen LogP contribution in [0.2, 0.25) is 0 Å². The summed E-state index contributed by atoms with van der Waals surface area (Å²) in [5, 5.41) is 2.69. The quantitative estimate of drug-likeness (QED) is 0.673. The number of carbonyl (C=O) groups is 2. The molecule has 0 saturated carbocycles. The highest BCUT2D eigenvalue weighted by molar-refractivity contribution is 6.05. The lowest BCUT2D eigenvalue weighted by atomic mass is 9.93. The van der Waals surface area contributed by atoms with Gasteiger partial charge in [-0.25, -0.2) is 13.6 Å². The van der Waals surface area contributed by atoms with Crippen molar-refractivity contribution < 1.29 is 23.1 Å². The van der Waals surface area contributed by atoms with E-state index < -0.39 is 17.9 Å². The van der Waals surface area contributed by atoms with Gasteiger partial charge in [0.05, 0.1) is 5.56 Å². The number of rotatable bonds is 3. The maximum absolute atomic E-state index is 13.1. The van der Waals surface area contributed by atoms with Crippen LogP contribution >= 0.6 is 0 Å². The maximum atomic E-state index is 13.1. The van der Waals surface area contributed by atoms with E-state index in [-0.39, 0.29) is 11.7 Å². The van der Waals surface area contributed by atoms with Gasteiger partial charge in [-0.2, -0.15) is 0 Å². The Morgan fingerprint density at radius 1 is 0.929 bits per heavy atom. The lowest BCUT2D eigenvalue weighted by Crippen LogP contribution is -2.23. The second kappa shape index (κ2) is 7.23. The van der Waals surface area contributed by atoms with Crippen LogP contribution < -0.4 is 5.32 Å². The molecule has 0 saturated heterocycles. The molecule has 1 atom stereocenters. The van der Waals surface area contributed by atoms with Gasteiger partial charge in [-0.15, -0.1) is 0 Å². The number of amides is 1. The number of halogens is 2. The summed E-state index contributed by atoms with van der Waals surface area (Å²) < 4.78 is 31.6. The zero-order valence-electron chi connectivity index (χ0n) is 14.6.